The van der Waals surface area contributed by atoms with Crippen LogP contribution in [0.2, 0.25) is 5.02 Å². The predicted octanol–water partition coefficient (Wildman–Crippen LogP) is 5.42. The van der Waals surface area contributed by atoms with Gasteiger partial charge in [0.25, 0.3) is 0 Å². The maximum absolute atomic E-state index is 13.7. The number of anilines is 1. The van der Waals surface area contributed by atoms with Crippen molar-refractivity contribution in [3.05, 3.63) is 62.8 Å². The third-order valence-corrected chi connectivity index (χ3v) is 3.81. The summed E-state index contributed by atoms with van der Waals surface area (Å²) in [6.45, 7) is 2.46. The van der Waals surface area contributed by atoms with Crippen LogP contribution in [0.4, 0.5) is 10.1 Å². The number of hydrogen-bond donors (Lipinski definition) is 1. The first-order valence-electron chi connectivity index (χ1n) is 6.07. The zero-order chi connectivity index (χ0) is 13.8. The van der Waals surface area contributed by atoms with Crippen LogP contribution in [0.1, 0.15) is 18.1 Å². The van der Waals surface area contributed by atoms with Gasteiger partial charge in [0, 0.05) is 27.3 Å². The summed E-state index contributed by atoms with van der Waals surface area (Å²) >= 11 is 9.45. The third kappa shape index (κ3) is 3.48. The average molecular weight is 343 g/mol. The molecule has 0 unspecified atom stereocenters. The van der Waals surface area contributed by atoms with Crippen molar-refractivity contribution >= 4 is 33.2 Å². The lowest BCUT2D eigenvalue weighted by Gasteiger charge is -2.13. The van der Waals surface area contributed by atoms with Gasteiger partial charge in [-0.3, -0.25) is 0 Å². The van der Waals surface area contributed by atoms with E-state index in [-0.39, 0.29) is 5.82 Å². The molecular formula is C15H14BrClFN. The molecular weight excluding hydrogens is 329 g/mol. The molecule has 0 aromatic heterocycles. The van der Waals surface area contributed by atoms with Crippen molar-refractivity contribution in [1.82, 2.24) is 0 Å². The molecule has 1 nitrogen and oxygen atoms in total. The van der Waals surface area contributed by atoms with Crippen LogP contribution in [0.3, 0.4) is 0 Å². The predicted molar refractivity (Wildman–Crippen MR) is 82.3 cm³/mol. The molecule has 0 aliphatic carbocycles. The summed E-state index contributed by atoms with van der Waals surface area (Å²) in [6, 6.07) is 10.7. The summed E-state index contributed by atoms with van der Waals surface area (Å²) in [4.78, 5) is 0. The lowest BCUT2D eigenvalue weighted by Crippen LogP contribution is -2.04. The summed E-state index contributed by atoms with van der Waals surface area (Å²) < 4.78 is 14.7. The highest BCUT2D eigenvalue weighted by atomic mass is 79.9. The molecule has 1 N–H and O–H groups in total. The molecule has 19 heavy (non-hydrogen) atoms. The highest BCUT2D eigenvalue weighted by Crippen LogP contribution is 2.24. The Kier molecular flexibility index (Phi) is 4.83. The van der Waals surface area contributed by atoms with E-state index in [2.05, 4.69) is 34.2 Å². The molecule has 2 aromatic carbocycles. The molecule has 0 heterocycles. The fourth-order valence-corrected chi connectivity index (χ4v) is 2.55. The number of nitrogens with one attached hydrogen (secondary N) is 1. The van der Waals surface area contributed by atoms with E-state index in [4.69, 9.17) is 11.6 Å². The van der Waals surface area contributed by atoms with Gasteiger partial charge in [0.05, 0.1) is 0 Å². The van der Waals surface area contributed by atoms with Crippen LogP contribution in [-0.4, -0.2) is 0 Å². The van der Waals surface area contributed by atoms with Crippen LogP contribution in [-0.2, 0) is 13.0 Å². The van der Waals surface area contributed by atoms with Gasteiger partial charge in [0.1, 0.15) is 5.82 Å². The Hall–Kier alpha value is -1.06. The molecule has 0 atom stereocenters. The zero-order valence-corrected chi connectivity index (χ0v) is 12.9. The highest BCUT2D eigenvalue weighted by molar-refractivity contribution is 9.10. The first kappa shape index (κ1) is 14.4. The monoisotopic (exact) mass is 341 g/mol. The number of aryl methyl sites for hydroxylation is 1. The SMILES string of the molecule is CCc1cc(Br)ccc1NCc1c(F)cccc1Cl. The molecule has 4 heteroatoms. The van der Waals surface area contributed by atoms with E-state index in [0.29, 0.717) is 17.1 Å². The zero-order valence-electron chi connectivity index (χ0n) is 10.5. The van der Waals surface area contributed by atoms with Gasteiger partial charge in [-0.15, -0.1) is 0 Å². The van der Waals surface area contributed by atoms with Gasteiger partial charge in [0.15, 0.2) is 0 Å². The quantitative estimate of drug-likeness (QED) is 0.782. The molecule has 0 saturated carbocycles. The Morgan fingerprint density at radius 2 is 2.05 bits per heavy atom. The van der Waals surface area contributed by atoms with E-state index in [1.165, 1.54) is 11.6 Å². The molecule has 0 saturated heterocycles. The van der Waals surface area contributed by atoms with Gasteiger partial charge in [-0.2, -0.15) is 0 Å². The second-order valence-electron chi connectivity index (χ2n) is 4.21. The van der Waals surface area contributed by atoms with E-state index in [1.54, 1.807) is 12.1 Å². The molecule has 100 valence electrons. The van der Waals surface area contributed by atoms with Crippen molar-refractivity contribution in [1.29, 1.82) is 0 Å². The van der Waals surface area contributed by atoms with Crippen LogP contribution in [0.15, 0.2) is 40.9 Å². The van der Waals surface area contributed by atoms with Crippen molar-refractivity contribution in [3.63, 3.8) is 0 Å². The van der Waals surface area contributed by atoms with Gasteiger partial charge in [-0.1, -0.05) is 40.5 Å². The number of halogens is 3. The standard InChI is InChI=1S/C15H14BrClFN/c1-2-10-8-11(16)6-7-15(10)19-9-12-13(17)4-3-5-14(12)18/h3-8,19H,2,9H2,1H3. The fraction of sp³-hybridized carbons (Fsp3) is 0.200. The highest BCUT2D eigenvalue weighted by Gasteiger charge is 2.08. The minimum absolute atomic E-state index is 0.282. The topological polar surface area (TPSA) is 12.0 Å². The van der Waals surface area contributed by atoms with E-state index >= 15 is 0 Å². The number of rotatable bonds is 4. The largest absolute Gasteiger partial charge is 0.381 e. The summed E-state index contributed by atoms with van der Waals surface area (Å²) in [5.74, 6) is -0.282. The fourth-order valence-electron chi connectivity index (χ4n) is 1.91. The van der Waals surface area contributed by atoms with Crippen molar-refractivity contribution in [2.45, 2.75) is 19.9 Å². The van der Waals surface area contributed by atoms with Crippen molar-refractivity contribution in [2.24, 2.45) is 0 Å². The first-order valence-corrected chi connectivity index (χ1v) is 7.24. The Bertz CT molecular complexity index is 566. The van der Waals surface area contributed by atoms with Crippen LogP contribution in [0.5, 0.6) is 0 Å². The second-order valence-corrected chi connectivity index (χ2v) is 5.53. The van der Waals surface area contributed by atoms with Gasteiger partial charge in [-0.25, -0.2) is 4.39 Å². The molecule has 0 bridgehead atoms. The Morgan fingerprint density at radius 3 is 2.74 bits per heavy atom. The van der Waals surface area contributed by atoms with Gasteiger partial charge < -0.3 is 5.32 Å². The Balaban J connectivity index is 2.19. The summed E-state index contributed by atoms with van der Waals surface area (Å²) in [5.41, 5.74) is 2.68. The summed E-state index contributed by atoms with van der Waals surface area (Å²) in [5, 5.41) is 3.69. The van der Waals surface area contributed by atoms with E-state index in [9.17, 15) is 4.39 Å². The minimum Gasteiger partial charge on any atom is -0.381 e. The molecule has 2 rings (SSSR count). The lowest BCUT2D eigenvalue weighted by atomic mass is 10.1. The normalized spacial score (nSPS) is 10.5. The smallest absolute Gasteiger partial charge is 0.129 e. The Labute approximate surface area is 125 Å². The van der Waals surface area contributed by atoms with Crippen LogP contribution in [0, 0.1) is 5.82 Å². The molecule has 0 aliphatic rings. The van der Waals surface area contributed by atoms with Crippen molar-refractivity contribution < 1.29 is 4.39 Å². The van der Waals surface area contributed by atoms with Crippen LogP contribution >= 0.6 is 27.5 Å². The maximum atomic E-state index is 13.7. The van der Waals surface area contributed by atoms with Crippen LogP contribution < -0.4 is 5.32 Å². The van der Waals surface area contributed by atoms with Gasteiger partial charge in [0.2, 0.25) is 0 Å². The van der Waals surface area contributed by atoms with Crippen LogP contribution in [0.25, 0.3) is 0 Å². The first-order chi connectivity index (χ1) is 9.11. The van der Waals surface area contributed by atoms with E-state index in [0.717, 1.165) is 16.6 Å². The van der Waals surface area contributed by atoms with E-state index in [1.807, 2.05) is 12.1 Å². The van der Waals surface area contributed by atoms with Gasteiger partial charge >= 0.3 is 0 Å². The second kappa shape index (κ2) is 6.40. The molecule has 0 amide bonds. The molecule has 2 aromatic rings. The average Bonchev–Trinajstić information content (AvgIpc) is 2.39. The molecule has 0 aliphatic heterocycles. The van der Waals surface area contributed by atoms with Gasteiger partial charge in [-0.05, 0) is 42.3 Å². The summed E-state index contributed by atoms with van der Waals surface area (Å²) in [7, 11) is 0. The maximum Gasteiger partial charge on any atom is 0.129 e. The van der Waals surface area contributed by atoms with Crippen molar-refractivity contribution in [3.8, 4) is 0 Å². The summed E-state index contributed by atoms with van der Waals surface area (Å²) in [6.07, 6.45) is 0.910. The lowest BCUT2D eigenvalue weighted by molar-refractivity contribution is 0.613. The number of benzene rings is 2. The molecule has 0 fully saturated rings. The Morgan fingerprint density at radius 1 is 1.26 bits per heavy atom. The van der Waals surface area contributed by atoms with Crippen molar-refractivity contribution in [2.75, 3.05) is 5.32 Å². The molecule has 0 spiro atoms. The number of hydrogen-bond acceptors (Lipinski definition) is 1. The molecule has 0 radical (unpaired) electrons. The minimum atomic E-state index is -0.282. The van der Waals surface area contributed by atoms with E-state index < -0.39 is 0 Å². The third-order valence-electron chi connectivity index (χ3n) is 2.97.